The van der Waals surface area contributed by atoms with Crippen molar-refractivity contribution in [2.24, 2.45) is 11.7 Å². The summed E-state index contributed by atoms with van der Waals surface area (Å²) < 4.78 is 4.12. The first-order valence-corrected chi connectivity index (χ1v) is 5.70. The van der Waals surface area contributed by atoms with E-state index in [0.29, 0.717) is 5.13 Å². The van der Waals surface area contributed by atoms with E-state index in [2.05, 4.69) is 14.7 Å². The average molecular weight is 228 g/mol. The Hall–Kier alpha value is -1.17. The molecule has 0 bridgehead atoms. The van der Waals surface area contributed by atoms with Crippen molar-refractivity contribution < 1.29 is 4.79 Å². The number of carbonyl (C=O) groups is 1. The Morgan fingerprint density at radius 1 is 1.60 bits per heavy atom. The third kappa shape index (κ3) is 3.16. The van der Waals surface area contributed by atoms with Crippen LogP contribution in [-0.4, -0.2) is 21.3 Å². The topological polar surface area (TPSA) is 80.9 Å². The summed E-state index contributed by atoms with van der Waals surface area (Å²) >= 11 is 1.26. The van der Waals surface area contributed by atoms with E-state index in [9.17, 15) is 4.79 Å². The van der Waals surface area contributed by atoms with Crippen LogP contribution in [0.1, 0.15) is 26.6 Å². The molecule has 1 aromatic heterocycles. The molecule has 1 heterocycles. The molecule has 1 amide bonds. The maximum absolute atomic E-state index is 11.1. The minimum atomic E-state index is -0.386. The molecule has 0 aliphatic heterocycles. The second kappa shape index (κ2) is 5.06. The van der Waals surface area contributed by atoms with Gasteiger partial charge in [0.2, 0.25) is 11.0 Å². The average Bonchev–Trinajstić information content (AvgIpc) is 2.60. The number of hydrogen-bond donors (Lipinski definition) is 2. The van der Waals surface area contributed by atoms with Crippen LogP contribution >= 0.6 is 11.5 Å². The van der Waals surface area contributed by atoms with Crippen LogP contribution in [0.4, 0.5) is 5.13 Å². The zero-order valence-electron chi connectivity index (χ0n) is 9.15. The highest BCUT2D eigenvalue weighted by molar-refractivity contribution is 7.09. The number of aryl methyl sites for hydroxylation is 1. The lowest BCUT2D eigenvalue weighted by Crippen LogP contribution is -2.39. The maximum atomic E-state index is 11.1. The monoisotopic (exact) mass is 228 g/mol. The predicted molar refractivity (Wildman–Crippen MR) is 60.7 cm³/mol. The molecule has 5 nitrogen and oxygen atoms in total. The first kappa shape index (κ1) is 11.9. The van der Waals surface area contributed by atoms with E-state index in [1.54, 1.807) is 0 Å². The molecular formula is C9H16N4OS. The normalized spacial score (nSPS) is 12.8. The van der Waals surface area contributed by atoms with Crippen molar-refractivity contribution in [3.63, 3.8) is 0 Å². The van der Waals surface area contributed by atoms with E-state index >= 15 is 0 Å². The van der Waals surface area contributed by atoms with Crippen LogP contribution in [0, 0.1) is 5.92 Å². The van der Waals surface area contributed by atoms with E-state index in [1.165, 1.54) is 11.5 Å². The number of carbonyl (C=O) groups excluding carboxylic acids is 1. The highest BCUT2D eigenvalue weighted by Gasteiger charge is 2.20. The molecule has 0 aliphatic rings. The molecule has 1 unspecified atom stereocenters. The van der Waals surface area contributed by atoms with Gasteiger partial charge in [0.25, 0.3) is 0 Å². The Kier molecular flexibility index (Phi) is 4.02. The fourth-order valence-electron chi connectivity index (χ4n) is 1.16. The molecule has 0 radical (unpaired) electrons. The van der Waals surface area contributed by atoms with Gasteiger partial charge in [0.15, 0.2) is 0 Å². The Morgan fingerprint density at radius 3 is 2.67 bits per heavy atom. The van der Waals surface area contributed by atoms with Gasteiger partial charge in [0.05, 0.1) is 0 Å². The van der Waals surface area contributed by atoms with Crippen LogP contribution in [0.5, 0.6) is 0 Å². The predicted octanol–water partition coefficient (Wildman–Crippen LogP) is 1.02. The zero-order chi connectivity index (χ0) is 11.4. The van der Waals surface area contributed by atoms with Crippen molar-refractivity contribution in [2.75, 3.05) is 5.32 Å². The number of aromatic nitrogens is 2. The Labute approximate surface area is 93.3 Å². The number of nitrogens with one attached hydrogen (secondary N) is 1. The summed E-state index contributed by atoms with van der Waals surface area (Å²) in [6.07, 6.45) is 0.793. The number of rotatable bonds is 5. The number of nitrogens with zero attached hydrogens (tertiary/aromatic N) is 2. The van der Waals surface area contributed by atoms with Gasteiger partial charge in [-0.25, -0.2) is 4.98 Å². The third-order valence-electron chi connectivity index (χ3n) is 2.04. The van der Waals surface area contributed by atoms with Gasteiger partial charge in [0.1, 0.15) is 11.9 Å². The molecule has 0 aliphatic carbocycles. The number of primary amides is 1. The van der Waals surface area contributed by atoms with Crippen molar-refractivity contribution >= 4 is 22.6 Å². The molecule has 1 aromatic rings. The summed E-state index contributed by atoms with van der Waals surface area (Å²) in [5, 5.41) is 3.66. The van der Waals surface area contributed by atoms with Crippen molar-refractivity contribution in [2.45, 2.75) is 33.2 Å². The molecule has 1 atom stereocenters. The Balaban J connectivity index is 2.69. The van der Waals surface area contributed by atoms with E-state index in [-0.39, 0.29) is 17.9 Å². The molecule has 1 rings (SSSR count). The summed E-state index contributed by atoms with van der Waals surface area (Å²) in [5.41, 5.74) is 5.28. The van der Waals surface area contributed by atoms with Crippen LogP contribution in [0.2, 0.25) is 0 Å². The Morgan fingerprint density at radius 2 is 2.27 bits per heavy atom. The number of hydrogen-bond acceptors (Lipinski definition) is 5. The van der Waals surface area contributed by atoms with Gasteiger partial charge in [-0.1, -0.05) is 20.8 Å². The molecule has 3 N–H and O–H groups in total. The fraction of sp³-hybridized carbons (Fsp3) is 0.667. The summed E-state index contributed by atoms with van der Waals surface area (Å²) in [6.45, 7) is 5.86. The van der Waals surface area contributed by atoms with Crippen LogP contribution in [0.25, 0.3) is 0 Å². The van der Waals surface area contributed by atoms with Gasteiger partial charge in [0, 0.05) is 18.0 Å². The third-order valence-corrected chi connectivity index (χ3v) is 2.72. The lowest BCUT2D eigenvalue weighted by atomic mass is 10.0. The molecular weight excluding hydrogens is 212 g/mol. The van der Waals surface area contributed by atoms with E-state index in [4.69, 9.17) is 5.73 Å². The lowest BCUT2D eigenvalue weighted by molar-refractivity contribution is -0.119. The SMILES string of the molecule is CCc1nsc(NC(C(N)=O)C(C)C)n1. The molecule has 0 spiro atoms. The molecule has 0 aromatic carbocycles. The molecule has 15 heavy (non-hydrogen) atoms. The highest BCUT2D eigenvalue weighted by Crippen LogP contribution is 2.15. The summed E-state index contributed by atoms with van der Waals surface area (Å²) in [6, 6.07) is -0.386. The summed E-state index contributed by atoms with van der Waals surface area (Å²) in [7, 11) is 0. The van der Waals surface area contributed by atoms with Gasteiger partial charge in [-0.2, -0.15) is 4.37 Å². The first-order valence-electron chi connectivity index (χ1n) is 4.93. The first-order chi connectivity index (χ1) is 7.04. The Bertz CT molecular complexity index is 337. The zero-order valence-corrected chi connectivity index (χ0v) is 9.97. The standard InChI is InChI=1S/C9H16N4OS/c1-4-6-11-9(15-13-6)12-7(5(2)3)8(10)14/h5,7H,4H2,1-3H3,(H2,10,14)(H,11,12,13). The quantitative estimate of drug-likeness (QED) is 0.788. The molecule has 0 saturated heterocycles. The van der Waals surface area contributed by atoms with Gasteiger partial charge in [-0.05, 0) is 5.92 Å². The summed E-state index contributed by atoms with van der Waals surface area (Å²) in [4.78, 5) is 15.4. The fourth-order valence-corrected chi connectivity index (χ4v) is 1.84. The number of nitrogens with two attached hydrogens (primary N) is 1. The lowest BCUT2D eigenvalue weighted by Gasteiger charge is -2.17. The van der Waals surface area contributed by atoms with Crippen molar-refractivity contribution in [1.29, 1.82) is 0 Å². The molecule has 0 fully saturated rings. The van der Waals surface area contributed by atoms with Crippen LogP contribution < -0.4 is 11.1 Å². The van der Waals surface area contributed by atoms with E-state index in [1.807, 2.05) is 20.8 Å². The number of anilines is 1. The van der Waals surface area contributed by atoms with Gasteiger partial charge >= 0.3 is 0 Å². The van der Waals surface area contributed by atoms with Crippen LogP contribution in [0.3, 0.4) is 0 Å². The maximum Gasteiger partial charge on any atom is 0.240 e. The van der Waals surface area contributed by atoms with E-state index in [0.717, 1.165) is 12.2 Å². The highest BCUT2D eigenvalue weighted by atomic mass is 32.1. The van der Waals surface area contributed by atoms with Gasteiger partial charge in [-0.15, -0.1) is 0 Å². The van der Waals surface area contributed by atoms with Crippen molar-refractivity contribution in [3.8, 4) is 0 Å². The van der Waals surface area contributed by atoms with Gasteiger partial charge in [-0.3, -0.25) is 4.79 Å². The molecule has 84 valence electrons. The van der Waals surface area contributed by atoms with Crippen LogP contribution in [-0.2, 0) is 11.2 Å². The second-order valence-electron chi connectivity index (χ2n) is 3.64. The van der Waals surface area contributed by atoms with Gasteiger partial charge < -0.3 is 11.1 Å². The molecule has 0 saturated carbocycles. The minimum absolute atomic E-state index is 0.136. The van der Waals surface area contributed by atoms with Crippen molar-refractivity contribution in [3.05, 3.63) is 5.82 Å². The summed E-state index contributed by atoms with van der Waals surface area (Å²) in [5.74, 6) is 0.559. The largest absolute Gasteiger partial charge is 0.368 e. The van der Waals surface area contributed by atoms with Crippen LogP contribution in [0.15, 0.2) is 0 Å². The van der Waals surface area contributed by atoms with E-state index < -0.39 is 0 Å². The second-order valence-corrected chi connectivity index (χ2v) is 4.39. The minimum Gasteiger partial charge on any atom is -0.368 e. The molecule has 6 heteroatoms. The number of amides is 1. The van der Waals surface area contributed by atoms with Crippen molar-refractivity contribution in [1.82, 2.24) is 9.36 Å². The smallest absolute Gasteiger partial charge is 0.240 e.